The summed E-state index contributed by atoms with van der Waals surface area (Å²) in [4.78, 5) is 11.4. The van der Waals surface area contributed by atoms with Crippen molar-refractivity contribution in [1.82, 2.24) is 10.6 Å². The van der Waals surface area contributed by atoms with Crippen molar-refractivity contribution in [3.8, 4) is 0 Å². The van der Waals surface area contributed by atoms with Crippen molar-refractivity contribution in [2.45, 2.75) is 58.9 Å². The van der Waals surface area contributed by atoms with E-state index in [1.165, 1.54) is 25.7 Å². The van der Waals surface area contributed by atoms with E-state index in [1.54, 1.807) is 7.05 Å². The molecule has 96 valence electrons. The SMILES string of the molecule is CNC(C)C(=O)NCCCCCCC(C)C. The van der Waals surface area contributed by atoms with Crippen LogP contribution in [-0.2, 0) is 4.79 Å². The first-order chi connectivity index (χ1) is 7.57. The van der Waals surface area contributed by atoms with Crippen LogP contribution in [0.5, 0.6) is 0 Å². The summed E-state index contributed by atoms with van der Waals surface area (Å²) in [5, 5.41) is 5.86. The van der Waals surface area contributed by atoms with Gasteiger partial charge in [0.2, 0.25) is 5.91 Å². The van der Waals surface area contributed by atoms with Crippen LogP contribution in [0, 0.1) is 5.92 Å². The highest BCUT2D eigenvalue weighted by Gasteiger charge is 2.07. The number of hydrogen-bond donors (Lipinski definition) is 2. The smallest absolute Gasteiger partial charge is 0.236 e. The third-order valence-corrected chi connectivity index (χ3v) is 2.83. The van der Waals surface area contributed by atoms with E-state index in [1.807, 2.05) is 6.92 Å². The fourth-order valence-electron chi connectivity index (χ4n) is 1.53. The lowest BCUT2D eigenvalue weighted by atomic mass is 10.0. The van der Waals surface area contributed by atoms with E-state index >= 15 is 0 Å². The van der Waals surface area contributed by atoms with Gasteiger partial charge >= 0.3 is 0 Å². The Morgan fingerprint density at radius 3 is 2.25 bits per heavy atom. The lowest BCUT2D eigenvalue weighted by Crippen LogP contribution is -2.40. The predicted molar refractivity (Wildman–Crippen MR) is 69.5 cm³/mol. The van der Waals surface area contributed by atoms with Crippen molar-refractivity contribution in [1.29, 1.82) is 0 Å². The summed E-state index contributed by atoms with van der Waals surface area (Å²) in [6.07, 6.45) is 6.25. The van der Waals surface area contributed by atoms with Gasteiger partial charge in [-0.3, -0.25) is 4.79 Å². The van der Waals surface area contributed by atoms with Gasteiger partial charge in [-0.15, -0.1) is 0 Å². The van der Waals surface area contributed by atoms with Gasteiger partial charge < -0.3 is 10.6 Å². The largest absolute Gasteiger partial charge is 0.355 e. The number of hydrogen-bond acceptors (Lipinski definition) is 2. The molecule has 0 saturated carbocycles. The second-order valence-electron chi connectivity index (χ2n) is 4.90. The summed E-state index contributed by atoms with van der Waals surface area (Å²) in [5.41, 5.74) is 0. The van der Waals surface area contributed by atoms with Crippen molar-refractivity contribution >= 4 is 5.91 Å². The van der Waals surface area contributed by atoms with Crippen molar-refractivity contribution in [2.24, 2.45) is 5.92 Å². The molecule has 2 N–H and O–H groups in total. The first-order valence-electron chi connectivity index (χ1n) is 6.53. The standard InChI is InChI=1S/C13H28N2O/c1-11(2)9-7-5-6-8-10-15-13(16)12(3)14-4/h11-12,14H,5-10H2,1-4H3,(H,15,16). The molecule has 0 bridgehead atoms. The molecule has 0 aliphatic rings. The first-order valence-corrected chi connectivity index (χ1v) is 6.53. The van der Waals surface area contributed by atoms with Gasteiger partial charge in [-0.05, 0) is 26.3 Å². The van der Waals surface area contributed by atoms with Crippen LogP contribution in [-0.4, -0.2) is 25.5 Å². The minimum absolute atomic E-state index is 0.0825. The molecule has 0 spiro atoms. The maximum atomic E-state index is 11.4. The van der Waals surface area contributed by atoms with Crippen LogP contribution in [0.25, 0.3) is 0 Å². The fraction of sp³-hybridized carbons (Fsp3) is 0.923. The molecule has 0 fully saturated rings. The topological polar surface area (TPSA) is 41.1 Å². The lowest BCUT2D eigenvalue weighted by molar-refractivity contribution is -0.122. The van der Waals surface area contributed by atoms with Gasteiger partial charge in [0.05, 0.1) is 6.04 Å². The molecule has 0 aliphatic carbocycles. The highest BCUT2D eigenvalue weighted by atomic mass is 16.2. The zero-order valence-corrected chi connectivity index (χ0v) is 11.3. The average molecular weight is 228 g/mol. The first kappa shape index (κ1) is 15.4. The number of unbranched alkanes of at least 4 members (excludes halogenated alkanes) is 3. The van der Waals surface area contributed by atoms with Crippen LogP contribution in [0.4, 0.5) is 0 Å². The maximum absolute atomic E-state index is 11.4. The Hall–Kier alpha value is -0.570. The number of carbonyl (C=O) groups is 1. The molecule has 0 heterocycles. The van der Waals surface area contributed by atoms with Crippen LogP contribution in [0.1, 0.15) is 52.9 Å². The normalized spacial score (nSPS) is 12.8. The zero-order valence-electron chi connectivity index (χ0n) is 11.3. The van der Waals surface area contributed by atoms with Gasteiger partial charge in [-0.25, -0.2) is 0 Å². The van der Waals surface area contributed by atoms with E-state index in [-0.39, 0.29) is 11.9 Å². The van der Waals surface area contributed by atoms with Crippen LogP contribution < -0.4 is 10.6 Å². The summed E-state index contributed by atoms with van der Waals surface area (Å²) in [5.74, 6) is 0.917. The summed E-state index contributed by atoms with van der Waals surface area (Å²) in [6, 6.07) is -0.0825. The van der Waals surface area contributed by atoms with Crippen molar-refractivity contribution in [2.75, 3.05) is 13.6 Å². The maximum Gasteiger partial charge on any atom is 0.236 e. The molecular formula is C13H28N2O. The molecule has 0 saturated heterocycles. The van der Waals surface area contributed by atoms with Gasteiger partial charge in [0.25, 0.3) is 0 Å². The Labute approximate surface area is 100 Å². The Bertz CT molecular complexity index is 181. The molecule has 1 atom stereocenters. The number of rotatable bonds is 9. The molecule has 0 radical (unpaired) electrons. The van der Waals surface area contributed by atoms with Gasteiger partial charge in [-0.1, -0.05) is 39.5 Å². The molecule has 1 amide bonds. The van der Waals surface area contributed by atoms with Gasteiger partial charge in [0.15, 0.2) is 0 Å². The third-order valence-electron chi connectivity index (χ3n) is 2.83. The molecular weight excluding hydrogens is 200 g/mol. The second-order valence-corrected chi connectivity index (χ2v) is 4.90. The summed E-state index contributed by atoms with van der Waals surface area (Å²) in [6.45, 7) is 7.21. The minimum Gasteiger partial charge on any atom is -0.355 e. The quantitative estimate of drug-likeness (QED) is 0.595. The summed E-state index contributed by atoms with van der Waals surface area (Å²) >= 11 is 0. The second kappa shape index (κ2) is 9.64. The number of likely N-dealkylation sites (N-methyl/N-ethyl adjacent to an activating group) is 1. The Morgan fingerprint density at radius 1 is 1.06 bits per heavy atom. The summed E-state index contributed by atoms with van der Waals surface area (Å²) < 4.78 is 0. The van der Waals surface area contributed by atoms with E-state index in [9.17, 15) is 4.79 Å². The Balaban J connectivity index is 3.24. The molecule has 0 aromatic carbocycles. The Morgan fingerprint density at radius 2 is 1.69 bits per heavy atom. The monoisotopic (exact) mass is 228 g/mol. The molecule has 16 heavy (non-hydrogen) atoms. The van der Waals surface area contributed by atoms with E-state index < -0.39 is 0 Å². The molecule has 1 unspecified atom stereocenters. The van der Waals surface area contributed by atoms with E-state index in [0.29, 0.717) is 0 Å². The fourth-order valence-corrected chi connectivity index (χ4v) is 1.53. The van der Waals surface area contributed by atoms with Crippen molar-refractivity contribution in [3.63, 3.8) is 0 Å². The molecule has 3 nitrogen and oxygen atoms in total. The van der Waals surface area contributed by atoms with Crippen LogP contribution in [0.2, 0.25) is 0 Å². The highest BCUT2D eigenvalue weighted by Crippen LogP contribution is 2.08. The number of nitrogens with one attached hydrogen (secondary N) is 2. The highest BCUT2D eigenvalue weighted by molar-refractivity contribution is 5.81. The molecule has 0 rings (SSSR count). The Kier molecular flexibility index (Phi) is 9.30. The van der Waals surface area contributed by atoms with E-state index in [4.69, 9.17) is 0 Å². The van der Waals surface area contributed by atoms with Crippen LogP contribution in [0.3, 0.4) is 0 Å². The predicted octanol–water partition coefficient (Wildman–Crippen LogP) is 2.32. The average Bonchev–Trinajstić information content (AvgIpc) is 2.25. The molecule has 0 aliphatic heterocycles. The van der Waals surface area contributed by atoms with Gasteiger partial charge in [-0.2, -0.15) is 0 Å². The minimum atomic E-state index is -0.0825. The van der Waals surface area contributed by atoms with Crippen LogP contribution >= 0.6 is 0 Å². The van der Waals surface area contributed by atoms with Crippen molar-refractivity contribution in [3.05, 3.63) is 0 Å². The molecule has 0 aromatic rings. The van der Waals surface area contributed by atoms with E-state index in [0.717, 1.165) is 18.9 Å². The van der Waals surface area contributed by atoms with Gasteiger partial charge in [0, 0.05) is 6.54 Å². The zero-order chi connectivity index (χ0) is 12.4. The third kappa shape index (κ3) is 8.72. The lowest BCUT2D eigenvalue weighted by Gasteiger charge is -2.10. The van der Waals surface area contributed by atoms with E-state index in [2.05, 4.69) is 24.5 Å². The summed E-state index contributed by atoms with van der Waals surface area (Å²) in [7, 11) is 1.80. The van der Waals surface area contributed by atoms with Gasteiger partial charge in [0.1, 0.15) is 0 Å². The number of amides is 1. The molecule has 0 aromatic heterocycles. The van der Waals surface area contributed by atoms with Crippen LogP contribution in [0.15, 0.2) is 0 Å². The van der Waals surface area contributed by atoms with Crippen molar-refractivity contribution < 1.29 is 4.79 Å². The molecule has 3 heteroatoms. The number of carbonyl (C=O) groups excluding carboxylic acids is 1.